The predicted molar refractivity (Wildman–Crippen MR) is 105 cm³/mol. The van der Waals surface area contributed by atoms with Gasteiger partial charge in [0.15, 0.2) is 0 Å². The highest BCUT2D eigenvalue weighted by molar-refractivity contribution is 7.92. The van der Waals surface area contributed by atoms with Gasteiger partial charge in [-0.25, -0.2) is 12.8 Å². The maximum absolute atomic E-state index is 13.0. The summed E-state index contributed by atoms with van der Waals surface area (Å²) >= 11 is 5.83. The molecule has 0 aliphatic carbocycles. The number of nitrogens with one attached hydrogen (secondary N) is 1. The molecule has 3 aromatic carbocycles. The molecule has 0 aliphatic rings. The molecule has 1 N–H and O–H groups in total. The second-order valence-corrected chi connectivity index (χ2v) is 7.97. The number of nitrogens with zero attached hydrogens (tertiary/aromatic N) is 1. The fourth-order valence-corrected chi connectivity index (χ4v) is 3.62. The van der Waals surface area contributed by atoms with E-state index in [4.69, 9.17) is 11.6 Å². The summed E-state index contributed by atoms with van der Waals surface area (Å²) < 4.78 is 40.4. The molecular weight excluding hydrogens is 403 g/mol. The van der Waals surface area contributed by atoms with Gasteiger partial charge in [0.25, 0.3) is 10.0 Å². The molecule has 0 saturated carbocycles. The van der Waals surface area contributed by atoms with E-state index in [1.807, 2.05) is 0 Å². The maximum atomic E-state index is 13.0. The number of hydrogen-bond donors (Lipinski definition) is 1. The van der Waals surface area contributed by atoms with Crippen molar-refractivity contribution >= 4 is 33.2 Å². The van der Waals surface area contributed by atoms with Gasteiger partial charge in [-0.3, -0.25) is 9.71 Å². The number of aliphatic imine (C=N–C) groups is 1. The van der Waals surface area contributed by atoms with E-state index < -0.39 is 21.7 Å². The minimum atomic E-state index is -3.98. The van der Waals surface area contributed by atoms with Crippen LogP contribution in [-0.2, 0) is 16.6 Å². The van der Waals surface area contributed by atoms with Gasteiger partial charge in [-0.1, -0.05) is 41.9 Å². The van der Waals surface area contributed by atoms with Gasteiger partial charge in [0.05, 0.1) is 17.1 Å². The summed E-state index contributed by atoms with van der Waals surface area (Å²) in [5.74, 6) is -1.11. The van der Waals surface area contributed by atoms with E-state index in [0.29, 0.717) is 5.02 Å². The van der Waals surface area contributed by atoms with Gasteiger partial charge in [-0.05, 0) is 53.9 Å². The largest absolute Gasteiger partial charge is 0.858 e. The highest BCUT2D eigenvalue weighted by Crippen LogP contribution is 2.20. The third kappa shape index (κ3) is 4.88. The van der Waals surface area contributed by atoms with Crippen molar-refractivity contribution < 1.29 is 17.9 Å². The zero-order valence-corrected chi connectivity index (χ0v) is 16.0. The molecule has 3 aromatic rings. The lowest BCUT2D eigenvalue weighted by Gasteiger charge is -2.17. The lowest BCUT2D eigenvalue weighted by atomic mass is 10.2. The Morgan fingerprint density at radius 3 is 2.32 bits per heavy atom. The van der Waals surface area contributed by atoms with Crippen LogP contribution in [0.5, 0.6) is 0 Å². The third-order valence-corrected chi connectivity index (χ3v) is 5.48. The van der Waals surface area contributed by atoms with Crippen LogP contribution >= 0.6 is 11.6 Å². The van der Waals surface area contributed by atoms with E-state index >= 15 is 0 Å². The fraction of sp³-hybridized carbons (Fsp3) is 0.0500. The second kappa shape index (κ2) is 8.41. The highest BCUT2D eigenvalue weighted by atomic mass is 35.5. The van der Waals surface area contributed by atoms with E-state index in [-0.39, 0.29) is 22.7 Å². The van der Waals surface area contributed by atoms with E-state index in [2.05, 4.69) is 9.71 Å². The molecule has 8 heteroatoms. The van der Waals surface area contributed by atoms with Gasteiger partial charge >= 0.3 is 0 Å². The molecular formula is C20H15ClFN2O3S-. The molecule has 0 aliphatic heterocycles. The Hall–Kier alpha value is -2.90. The number of para-hydroxylation sites is 1. The van der Waals surface area contributed by atoms with Gasteiger partial charge in [0.1, 0.15) is 5.82 Å². The lowest BCUT2D eigenvalue weighted by molar-refractivity contribution is -0.213. The Morgan fingerprint density at radius 1 is 1.00 bits per heavy atom. The number of halogens is 2. The first-order chi connectivity index (χ1) is 13.3. The van der Waals surface area contributed by atoms with Crippen LogP contribution in [0.4, 0.5) is 10.1 Å². The Labute approximate surface area is 167 Å². The average Bonchev–Trinajstić information content (AvgIpc) is 2.68. The van der Waals surface area contributed by atoms with Crippen molar-refractivity contribution in [3.05, 3.63) is 94.8 Å². The normalized spacial score (nSPS) is 12.0. The van der Waals surface area contributed by atoms with Crippen LogP contribution in [0.1, 0.15) is 11.1 Å². The zero-order valence-electron chi connectivity index (χ0n) is 14.5. The summed E-state index contributed by atoms with van der Waals surface area (Å²) in [6.07, 6.45) is 0. The maximum Gasteiger partial charge on any atom is 0.261 e. The molecule has 0 unspecified atom stereocenters. The Kier molecular flexibility index (Phi) is 5.96. The number of hydrogen-bond acceptors (Lipinski definition) is 4. The quantitative estimate of drug-likeness (QED) is 0.491. The van der Waals surface area contributed by atoms with Crippen molar-refractivity contribution in [2.45, 2.75) is 11.4 Å². The van der Waals surface area contributed by atoms with Crippen molar-refractivity contribution in [3.8, 4) is 0 Å². The summed E-state index contributed by atoms with van der Waals surface area (Å²) in [5.41, 5.74) is 1.00. The summed E-state index contributed by atoms with van der Waals surface area (Å²) in [7, 11) is -3.98. The van der Waals surface area contributed by atoms with Crippen LogP contribution < -0.4 is 9.83 Å². The lowest BCUT2D eigenvalue weighted by Crippen LogP contribution is -2.22. The first kappa shape index (κ1) is 19.9. The van der Waals surface area contributed by atoms with Crippen molar-refractivity contribution in [1.82, 2.24) is 0 Å². The number of sulfonamides is 1. The highest BCUT2D eigenvalue weighted by Gasteiger charge is 2.16. The molecule has 0 amide bonds. The molecule has 0 aromatic heterocycles. The van der Waals surface area contributed by atoms with Gasteiger partial charge < -0.3 is 5.11 Å². The van der Waals surface area contributed by atoms with Gasteiger partial charge in [0.2, 0.25) is 0 Å². The molecule has 5 nitrogen and oxygen atoms in total. The van der Waals surface area contributed by atoms with E-state index in [0.717, 1.165) is 29.8 Å². The molecule has 0 saturated heterocycles. The number of rotatable bonds is 6. The smallest absolute Gasteiger partial charge is 0.261 e. The first-order valence-electron chi connectivity index (χ1n) is 8.19. The fourth-order valence-electron chi connectivity index (χ4n) is 2.41. The molecule has 0 bridgehead atoms. The van der Waals surface area contributed by atoms with Crippen molar-refractivity contribution in [3.63, 3.8) is 0 Å². The SMILES string of the molecule is O=S(=O)(Nc1ccccc1C([O-])=NCc1ccc(Cl)cc1)c1ccc(F)cc1. The van der Waals surface area contributed by atoms with Crippen molar-refractivity contribution in [2.24, 2.45) is 4.99 Å². The number of anilines is 1. The first-order valence-corrected chi connectivity index (χ1v) is 10.0. The second-order valence-electron chi connectivity index (χ2n) is 5.85. The molecule has 0 spiro atoms. The van der Waals surface area contributed by atoms with Crippen molar-refractivity contribution in [1.29, 1.82) is 0 Å². The predicted octanol–water partition coefficient (Wildman–Crippen LogP) is 3.59. The zero-order chi connectivity index (χ0) is 20.1. The molecule has 0 heterocycles. The number of benzene rings is 3. The standard InChI is InChI=1S/C20H16ClFN2O3S/c21-15-7-5-14(6-8-15)13-23-20(25)18-3-1-2-4-19(18)24-28(26,27)17-11-9-16(22)10-12-17/h1-12,24H,13H2,(H,23,25)/p-1. The molecule has 0 radical (unpaired) electrons. The minimum Gasteiger partial charge on any atom is -0.858 e. The van der Waals surface area contributed by atoms with Crippen LogP contribution in [0.2, 0.25) is 5.02 Å². The van der Waals surface area contributed by atoms with Crippen LogP contribution in [0.3, 0.4) is 0 Å². The summed E-state index contributed by atoms with van der Waals surface area (Å²) in [6.45, 7) is 0.134. The average molecular weight is 418 g/mol. The molecule has 0 fully saturated rings. The van der Waals surface area contributed by atoms with Crippen LogP contribution in [0.15, 0.2) is 82.7 Å². The van der Waals surface area contributed by atoms with Crippen LogP contribution in [0.25, 0.3) is 0 Å². The molecule has 3 rings (SSSR count). The van der Waals surface area contributed by atoms with Gasteiger partial charge in [0, 0.05) is 10.6 Å². The van der Waals surface area contributed by atoms with E-state index in [1.54, 1.807) is 36.4 Å². The van der Waals surface area contributed by atoms with Crippen molar-refractivity contribution in [2.75, 3.05) is 4.72 Å². The Morgan fingerprint density at radius 2 is 1.64 bits per heavy atom. The van der Waals surface area contributed by atoms with Crippen LogP contribution in [0, 0.1) is 5.82 Å². The Bertz CT molecular complexity index is 1100. The summed E-state index contributed by atoms with van der Waals surface area (Å²) in [4.78, 5) is 3.89. The van der Waals surface area contributed by atoms with E-state index in [1.165, 1.54) is 12.1 Å². The molecule has 144 valence electrons. The van der Waals surface area contributed by atoms with E-state index in [9.17, 15) is 17.9 Å². The molecule has 28 heavy (non-hydrogen) atoms. The van der Waals surface area contributed by atoms with Gasteiger partial charge in [-0.15, -0.1) is 0 Å². The molecule has 0 atom stereocenters. The summed E-state index contributed by atoms with van der Waals surface area (Å²) in [5, 5.41) is 13.1. The van der Waals surface area contributed by atoms with Crippen LogP contribution in [-0.4, -0.2) is 14.3 Å². The minimum absolute atomic E-state index is 0.0941. The monoisotopic (exact) mass is 417 g/mol. The third-order valence-electron chi connectivity index (χ3n) is 3.84. The topological polar surface area (TPSA) is 81.6 Å². The summed E-state index contributed by atoms with van der Waals surface area (Å²) in [6, 6.07) is 17.4. The van der Waals surface area contributed by atoms with Gasteiger partial charge in [-0.2, -0.15) is 0 Å². The Balaban J connectivity index is 1.85.